The van der Waals surface area contributed by atoms with Gasteiger partial charge < -0.3 is 4.90 Å². The van der Waals surface area contributed by atoms with E-state index in [1.54, 1.807) is 0 Å². The highest BCUT2D eigenvalue weighted by atomic mass is 79.9. The number of hydrogen-bond acceptors (Lipinski definition) is 2. The van der Waals surface area contributed by atoms with Crippen molar-refractivity contribution >= 4 is 21.6 Å². The molecular formula is C16H23BrN2. The topological polar surface area (TPSA) is 6.48 Å². The van der Waals surface area contributed by atoms with Crippen molar-refractivity contribution in [1.29, 1.82) is 0 Å². The summed E-state index contributed by atoms with van der Waals surface area (Å²) in [6, 6.07) is 7.43. The van der Waals surface area contributed by atoms with Crippen LogP contribution in [0.3, 0.4) is 0 Å². The van der Waals surface area contributed by atoms with Crippen LogP contribution < -0.4 is 4.90 Å². The molecule has 2 nitrogen and oxygen atoms in total. The molecule has 0 amide bonds. The van der Waals surface area contributed by atoms with Gasteiger partial charge in [-0.15, -0.1) is 0 Å². The average Bonchev–Trinajstić information content (AvgIpc) is 2.63. The van der Waals surface area contributed by atoms with E-state index >= 15 is 0 Å². The molecule has 19 heavy (non-hydrogen) atoms. The minimum atomic E-state index is 0.773. The first-order valence-electron chi connectivity index (χ1n) is 7.49. The van der Waals surface area contributed by atoms with E-state index in [1.807, 2.05) is 0 Å². The van der Waals surface area contributed by atoms with E-state index in [0.717, 1.165) is 6.04 Å². The second-order valence-corrected chi connectivity index (χ2v) is 6.83. The summed E-state index contributed by atoms with van der Waals surface area (Å²) in [5, 5.41) is 0. The summed E-state index contributed by atoms with van der Waals surface area (Å²) in [6.45, 7) is 7.23. The first kappa shape index (κ1) is 13.4. The Morgan fingerprint density at radius 1 is 1.11 bits per heavy atom. The molecule has 2 heterocycles. The standard InChI is InChI=1S/C16H23BrN2/c1-13-6-7-14(17)11-16(13)19-10-4-9-18-8-3-2-5-15(18)12-19/h6-7,11,15H,2-5,8-10,12H2,1H3. The Bertz CT molecular complexity index is 446. The smallest absolute Gasteiger partial charge is 0.0407 e. The van der Waals surface area contributed by atoms with Gasteiger partial charge in [-0.1, -0.05) is 28.4 Å². The first-order valence-corrected chi connectivity index (χ1v) is 8.28. The third-order valence-corrected chi connectivity index (χ3v) is 5.06. The van der Waals surface area contributed by atoms with Crippen molar-refractivity contribution in [3.8, 4) is 0 Å². The lowest BCUT2D eigenvalue weighted by Gasteiger charge is -2.36. The van der Waals surface area contributed by atoms with E-state index in [2.05, 4.69) is 50.9 Å². The average molecular weight is 323 g/mol. The Kier molecular flexibility index (Phi) is 4.13. The Labute approximate surface area is 124 Å². The molecule has 3 heteroatoms. The number of rotatable bonds is 1. The lowest BCUT2D eigenvalue weighted by Crippen LogP contribution is -2.44. The molecule has 104 valence electrons. The molecule has 2 aliphatic heterocycles. The lowest BCUT2D eigenvalue weighted by atomic mass is 10.0. The van der Waals surface area contributed by atoms with Crippen LogP contribution in [-0.2, 0) is 0 Å². The van der Waals surface area contributed by atoms with E-state index in [4.69, 9.17) is 0 Å². The monoisotopic (exact) mass is 322 g/mol. The van der Waals surface area contributed by atoms with Gasteiger partial charge in [0.15, 0.2) is 0 Å². The highest BCUT2D eigenvalue weighted by Gasteiger charge is 2.27. The molecule has 1 unspecified atom stereocenters. The van der Waals surface area contributed by atoms with Gasteiger partial charge in [0.05, 0.1) is 0 Å². The van der Waals surface area contributed by atoms with E-state index in [9.17, 15) is 0 Å². The van der Waals surface area contributed by atoms with Crippen LogP contribution >= 0.6 is 15.9 Å². The Morgan fingerprint density at radius 3 is 2.84 bits per heavy atom. The fourth-order valence-electron chi connectivity index (χ4n) is 3.51. The zero-order valence-electron chi connectivity index (χ0n) is 11.7. The van der Waals surface area contributed by atoms with Gasteiger partial charge in [-0.25, -0.2) is 0 Å². The van der Waals surface area contributed by atoms with Crippen molar-refractivity contribution < 1.29 is 0 Å². The molecule has 0 bridgehead atoms. The van der Waals surface area contributed by atoms with Crippen molar-refractivity contribution in [3.05, 3.63) is 28.2 Å². The molecule has 2 aliphatic rings. The van der Waals surface area contributed by atoms with Crippen LogP contribution in [-0.4, -0.2) is 37.1 Å². The molecule has 0 aromatic heterocycles. The highest BCUT2D eigenvalue weighted by molar-refractivity contribution is 9.10. The third kappa shape index (κ3) is 2.97. The van der Waals surface area contributed by atoms with Gasteiger partial charge in [0.2, 0.25) is 0 Å². The maximum absolute atomic E-state index is 3.61. The first-order chi connectivity index (χ1) is 9.24. The molecule has 1 atom stereocenters. The lowest BCUT2D eigenvalue weighted by molar-refractivity contribution is 0.162. The molecule has 1 aromatic carbocycles. The van der Waals surface area contributed by atoms with E-state index in [1.165, 1.54) is 67.6 Å². The fourth-order valence-corrected chi connectivity index (χ4v) is 3.86. The van der Waals surface area contributed by atoms with Crippen molar-refractivity contribution in [2.24, 2.45) is 0 Å². The normalized spacial score (nSPS) is 24.9. The van der Waals surface area contributed by atoms with Crippen LogP contribution in [0.15, 0.2) is 22.7 Å². The van der Waals surface area contributed by atoms with Crippen LogP contribution in [0, 0.1) is 6.92 Å². The highest BCUT2D eigenvalue weighted by Crippen LogP contribution is 2.28. The molecule has 0 N–H and O–H groups in total. The quantitative estimate of drug-likeness (QED) is 0.775. The van der Waals surface area contributed by atoms with Crippen molar-refractivity contribution in [3.63, 3.8) is 0 Å². The second-order valence-electron chi connectivity index (χ2n) is 5.92. The molecule has 0 saturated carbocycles. The summed E-state index contributed by atoms with van der Waals surface area (Å²) >= 11 is 3.61. The predicted octanol–water partition coefficient (Wildman–Crippen LogP) is 3.82. The van der Waals surface area contributed by atoms with Crippen molar-refractivity contribution in [2.45, 2.75) is 38.6 Å². The number of piperidine rings is 1. The van der Waals surface area contributed by atoms with Gasteiger partial charge in [-0.3, -0.25) is 4.90 Å². The molecule has 0 radical (unpaired) electrons. The number of halogens is 1. The van der Waals surface area contributed by atoms with Gasteiger partial charge in [0, 0.05) is 35.8 Å². The number of nitrogens with zero attached hydrogens (tertiary/aromatic N) is 2. The van der Waals surface area contributed by atoms with Gasteiger partial charge >= 0.3 is 0 Å². The molecular weight excluding hydrogens is 300 g/mol. The molecule has 2 saturated heterocycles. The molecule has 2 fully saturated rings. The summed E-state index contributed by atoms with van der Waals surface area (Å²) < 4.78 is 1.19. The number of fused-ring (bicyclic) bond motifs is 1. The summed E-state index contributed by atoms with van der Waals surface area (Å²) in [7, 11) is 0. The zero-order valence-corrected chi connectivity index (χ0v) is 13.3. The van der Waals surface area contributed by atoms with Crippen LogP contribution in [0.25, 0.3) is 0 Å². The van der Waals surface area contributed by atoms with Crippen LogP contribution in [0.4, 0.5) is 5.69 Å². The maximum Gasteiger partial charge on any atom is 0.0407 e. The SMILES string of the molecule is Cc1ccc(Br)cc1N1CCCN2CCCCC2C1. The van der Waals surface area contributed by atoms with Crippen LogP contribution in [0.2, 0.25) is 0 Å². The summed E-state index contributed by atoms with van der Waals surface area (Å²) in [6.07, 6.45) is 5.48. The molecule has 0 aliphatic carbocycles. The summed E-state index contributed by atoms with van der Waals surface area (Å²) in [5.41, 5.74) is 2.81. The van der Waals surface area contributed by atoms with Gasteiger partial charge in [-0.05, 0) is 50.4 Å². The van der Waals surface area contributed by atoms with E-state index in [-0.39, 0.29) is 0 Å². The number of anilines is 1. The second kappa shape index (κ2) is 5.84. The van der Waals surface area contributed by atoms with Gasteiger partial charge in [-0.2, -0.15) is 0 Å². The van der Waals surface area contributed by atoms with Gasteiger partial charge in [0.25, 0.3) is 0 Å². The summed E-state index contributed by atoms with van der Waals surface area (Å²) in [5.74, 6) is 0. The maximum atomic E-state index is 3.61. The Balaban J connectivity index is 1.82. The summed E-state index contributed by atoms with van der Waals surface area (Å²) in [4.78, 5) is 5.33. The third-order valence-electron chi connectivity index (χ3n) is 4.57. The van der Waals surface area contributed by atoms with Crippen molar-refractivity contribution in [2.75, 3.05) is 31.1 Å². The number of hydrogen-bond donors (Lipinski definition) is 0. The molecule has 1 aromatic rings. The molecule has 3 rings (SSSR count). The Hall–Kier alpha value is -0.540. The minimum Gasteiger partial charge on any atom is -0.370 e. The van der Waals surface area contributed by atoms with Crippen LogP contribution in [0.5, 0.6) is 0 Å². The number of aryl methyl sites for hydroxylation is 1. The molecule has 0 spiro atoms. The van der Waals surface area contributed by atoms with Crippen molar-refractivity contribution in [1.82, 2.24) is 4.90 Å². The Morgan fingerprint density at radius 2 is 1.95 bits per heavy atom. The minimum absolute atomic E-state index is 0.773. The largest absolute Gasteiger partial charge is 0.370 e. The van der Waals surface area contributed by atoms with E-state index in [0.29, 0.717) is 0 Å². The van der Waals surface area contributed by atoms with Gasteiger partial charge in [0.1, 0.15) is 0 Å². The number of benzene rings is 1. The van der Waals surface area contributed by atoms with E-state index < -0.39 is 0 Å². The zero-order chi connectivity index (χ0) is 13.2. The predicted molar refractivity (Wildman–Crippen MR) is 84.9 cm³/mol. The fraction of sp³-hybridized carbons (Fsp3) is 0.625. The van der Waals surface area contributed by atoms with Crippen LogP contribution in [0.1, 0.15) is 31.2 Å².